The highest BCUT2D eigenvalue weighted by atomic mass is 28.4. The molecule has 0 N–H and O–H groups in total. The highest BCUT2D eigenvalue weighted by Crippen LogP contribution is 2.39. The van der Waals surface area contributed by atoms with Crippen molar-refractivity contribution in [2.75, 3.05) is 6.61 Å². The van der Waals surface area contributed by atoms with Gasteiger partial charge in [0.25, 0.3) is 0 Å². The van der Waals surface area contributed by atoms with Crippen molar-refractivity contribution >= 4 is 8.32 Å². The van der Waals surface area contributed by atoms with Gasteiger partial charge in [0.15, 0.2) is 8.32 Å². The van der Waals surface area contributed by atoms with Crippen LogP contribution in [0.4, 0.5) is 0 Å². The van der Waals surface area contributed by atoms with Crippen molar-refractivity contribution in [3.63, 3.8) is 0 Å². The van der Waals surface area contributed by atoms with E-state index in [1.165, 1.54) is 19.3 Å². The molecule has 1 aliphatic rings. The fourth-order valence-electron chi connectivity index (χ4n) is 2.73. The molecule has 1 nitrogen and oxygen atoms in total. The van der Waals surface area contributed by atoms with E-state index in [4.69, 9.17) is 4.43 Å². The number of rotatable bonds is 5. The molecule has 0 spiro atoms. The molecule has 0 bridgehead atoms. The maximum Gasteiger partial charge on any atom is 0.191 e. The highest BCUT2D eigenvalue weighted by Gasteiger charge is 2.37. The van der Waals surface area contributed by atoms with E-state index in [0.717, 1.165) is 18.4 Å². The van der Waals surface area contributed by atoms with Gasteiger partial charge in [0.1, 0.15) is 0 Å². The van der Waals surface area contributed by atoms with Crippen LogP contribution < -0.4 is 0 Å². The minimum Gasteiger partial charge on any atom is -0.417 e. The summed E-state index contributed by atoms with van der Waals surface area (Å²) >= 11 is 0. The second kappa shape index (κ2) is 6.13. The van der Waals surface area contributed by atoms with Crippen LogP contribution in [0.15, 0.2) is 11.1 Å². The molecular weight excluding hydrogens is 248 g/mol. The summed E-state index contributed by atoms with van der Waals surface area (Å²) in [6.45, 7) is 19.6. The maximum atomic E-state index is 6.31. The summed E-state index contributed by atoms with van der Waals surface area (Å²) in [4.78, 5) is 0. The van der Waals surface area contributed by atoms with E-state index < -0.39 is 8.32 Å². The summed E-state index contributed by atoms with van der Waals surface area (Å²) in [5, 5.41) is 0.329. The van der Waals surface area contributed by atoms with E-state index in [9.17, 15) is 0 Å². The molecule has 2 atom stereocenters. The van der Waals surface area contributed by atoms with E-state index >= 15 is 0 Å². The molecule has 0 aromatic rings. The first-order valence-corrected chi connectivity index (χ1v) is 10.8. The summed E-state index contributed by atoms with van der Waals surface area (Å²) in [5.41, 5.74) is 3.28. The van der Waals surface area contributed by atoms with Gasteiger partial charge in [0, 0.05) is 6.61 Å². The third-order valence-corrected chi connectivity index (χ3v) is 10.1. The second-order valence-electron chi connectivity index (χ2n) is 7.98. The van der Waals surface area contributed by atoms with E-state index in [0.29, 0.717) is 5.04 Å². The zero-order chi connectivity index (χ0) is 14.8. The Kier molecular flexibility index (Phi) is 5.48. The Morgan fingerprint density at radius 3 is 2.26 bits per heavy atom. The van der Waals surface area contributed by atoms with Gasteiger partial charge >= 0.3 is 0 Å². The van der Waals surface area contributed by atoms with Crippen LogP contribution in [-0.4, -0.2) is 14.9 Å². The molecule has 0 aromatic carbocycles. The average Bonchev–Trinajstić information content (AvgIpc) is 2.57. The quantitative estimate of drug-likeness (QED) is 0.458. The molecule has 0 heterocycles. The molecule has 112 valence electrons. The Balaban J connectivity index is 2.42. The van der Waals surface area contributed by atoms with Crippen LogP contribution in [0.2, 0.25) is 18.1 Å². The lowest BCUT2D eigenvalue weighted by Gasteiger charge is -2.36. The van der Waals surface area contributed by atoms with E-state index in [1.54, 1.807) is 11.1 Å². The predicted octanol–water partition coefficient (Wildman–Crippen LogP) is 5.78. The molecule has 19 heavy (non-hydrogen) atoms. The first-order valence-electron chi connectivity index (χ1n) is 7.86. The lowest BCUT2D eigenvalue weighted by atomic mass is 9.86. The normalized spacial score (nSPS) is 23.1. The van der Waals surface area contributed by atoms with Gasteiger partial charge in [-0.05, 0) is 63.1 Å². The molecule has 0 fully saturated rings. The smallest absolute Gasteiger partial charge is 0.191 e. The largest absolute Gasteiger partial charge is 0.417 e. The van der Waals surface area contributed by atoms with Crippen molar-refractivity contribution in [1.29, 1.82) is 0 Å². The molecule has 0 aliphatic heterocycles. The summed E-state index contributed by atoms with van der Waals surface area (Å²) in [6.07, 6.45) is 3.88. The van der Waals surface area contributed by atoms with Gasteiger partial charge in [-0.25, -0.2) is 0 Å². The minimum atomic E-state index is -1.55. The van der Waals surface area contributed by atoms with Crippen LogP contribution in [0, 0.1) is 11.8 Å². The Labute approximate surface area is 122 Å². The van der Waals surface area contributed by atoms with Crippen molar-refractivity contribution in [3.8, 4) is 0 Å². The summed E-state index contributed by atoms with van der Waals surface area (Å²) in [6, 6.07) is 0. The number of allylic oxidation sites excluding steroid dienone is 2. The molecule has 1 aliphatic carbocycles. The van der Waals surface area contributed by atoms with E-state index in [-0.39, 0.29) is 0 Å². The minimum absolute atomic E-state index is 0.329. The van der Waals surface area contributed by atoms with Crippen molar-refractivity contribution in [3.05, 3.63) is 11.1 Å². The molecule has 0 unspecified atom stereocenters. The lowest BCUT2D eigenvalue weighted by molar-refractivity contribution is 0.239. The first-order chi connectivity index (χ1) is 8.56. The Hall–Kier alpha value is -0.0831. The summed E-state index contributed by atoms with van der Waals surface area (Å²) in [7, 11) is -1.55. The van der Waals surface area contributed by atoms with Crippen LogP contribution in [0.1, 0.15) is 60.8 Å². The van der Waals surface area contributed by atoms with Gasteiger partial charge in [-0.1, -0.05) is 38.8 Å². The second-order valence-corrected chi connectivity index (χ2v) is 12.8. The number of hydrogen-bond acceptors (Lipinski definition) is 1. The standard InChI is InChI=1S/C17H34OSi/c1-13-9-10-16(15(13)3)14(2)11-12-18-19(7,8)17(4,5)6/h14,16H,9-12H2,1-8H3/t14-,16+/m0/s1. The zero-order valence-electron chi connectivity index (χ0n) is 14.4. The average molecular weight is 283 g/mol. The van der Waals surface area contributed by atoms with Crippen molar-refractivity contribution in [2.24, 2.45) is 11.8 Å². The Morgan fingerprint density at radius 1 is 1.26 bits per heavy atom. The molecule has 1 rings (SSSR count). The fourth-order valence-corrected chi connectivity index (χ4v) is 3.79. The Morgan fingerprint density at radius 2 is 1.84 bits per heavy atom. The molecule has 0 saturated heterocycles. The molecule has 0 aromatic heterocycles. The van der Waals surface area contributed by atoms with Crippen LogP contribution in [0.5, 0.6) is 0 Å². The number of hydrogen-bond donors (Lipinski definition) is 0. The topological polar surface area (TPSA) is 9.23 Å². The zero-order valence-corrected chi connectivity index (χ0v) is 15.4. The van der Waals surface area contributed by atoms with Crippen LogP contribution in [-0.2, 0) is 4.43 Å². The molecule has 0 radical (unpaired) electrons. The third kappa shape index (κ3) is 4.19. The van der Waals surface area contributed by atoms with E-state index in [1.807, 2.05) is 0 Å². The van der Waals surface area contributed by atoms with Crippen LogP contribution in [0.3, 0.4) is 0 Å². The van der Waals surface area contributed by atoms with Crippen LogP contribution >= 0.6 is 0 Å². The molecule has 2 heteroatoms. The van der Waals surface area contributed by atoms with Gasteiger partial charge in [0.05, 0.1) is 0 Å². The fraction of sp³-hybridized carbons (Fsp3) is 0.882. The molecular formula is C17H34OSi. The predicted molar refractivity (Wildman–Crippen MR) is 88.0 cm³/mol. The van der Waals surface area contributed by atoms with Gasteiger partial charge in [0.2, 0.25) is 0 Å². The van der Waals surface area contributed by atoms with Gasteiger partial charge < -0.3 is 4.43 Å². The highest BCUT2D eigenvalue weighted by molar-refractivity contribution is 6.74. The van der Waals surface area contributed by atoms with Crippen molar-refractivity contribution in [2.45, 2.75) is 78.9 Å². The molecule has 0 amide bonds. The third-order valence-electron chi connectivity index (χ3n) is 5.59. The SMILES string of the molecule is CC1=C(C)[C@@H]([C@@H](C)CCO[Si](C)(C)C(C)(C)C)CC1. The first kappa shape index (κ1) is 17.0. The van der Waals surface area contributed by atoms with Gasteiger partial charge in [-0.15, -0.1) is 0 Å². The lowest BCUT2D eigenvalue weighted by Crippen LogP contribution is -2.41. The van der Waals surface area contributed by atoms with Gasteiger partial charge in [-0.2, -0.15) is 0 Å². The van der Waals surface area contributed by atoms with Crippen LogP contribution in [0.25, 0.3) is 0 Å². The summed E-state index contributed by atoms with van der Waals surface area (Å²) in [5.74, 6) is 1.57. The van der Waals surface area contributed by atoms with Gasteiger partial charge in [-0.3, -0.25) is 0 Å². The summed E-state index contributed by atoms with van der Waals surface area (Å²) < 4.78 is 6.31. The van der Waals surface area contributed by atoms with Crippen molar-refractivity contribution < 1.29 is 4.43 Å². The Bertz CT molecular complexity index is 336. The monoisotopic (exact) mass is 282 g/mol. The van der Waals surface area contributed by atoms with Crippen molar-refractivity contribution in [1.82, 2.24) is 0 Å². The van der Waals surface area contributed by atoms with E-state index in [2.05, 4.69) is 54.6 Å². The maximum absolute atomic E-state index is 6.31. The molecule has 0 saturated carbocycles.